The molecule has 0 amide bonds. The summed E-state index contributed by atoms with van der Waals surface area (Å²) in [6.45, 7) is 0. The highest BCUT2D eigenvalue weighted by molar-refractivity contribution is 8.02. The molecule has 4 aromatic rings. The lowest BCUT2D eigenvalue weighted by molar-refractivity contribution is -0.402. The Morgan fingerprint density at radius 1 is 1.16 bits per heavy atom. The molecule has 4 rings (SSSR count). The number of furan rings is 1. The number of rotatable bonds is 5. The predicted octanol–water partition coefficient (Wildman–Crippen LogP) is 4.48. The van der Waals surface area contributed by atoms with Crippen LogP contribution in [0.5, 0.6) is 0 Å². The van der Waals surface area contributed by atoms with Crippen LogP contribution in [0.4, 0.5) is 5.88 Å². The van der Waals surface area contributed by atoms with Gasteiger partial charge in [-0.15, -0.1) is 10.2 Å². The minimum atomic E-state index is -0.587. The Bertz CT molecular complexity index is 1080. The van der Waals surface area contributed by atoms with E-state index in [1.165, 1.54) is 23.9 Å². The number of hydrogen-bond donors (Lipinski definition) is 1. The Kier molecular flexibility index (Phi) is 3.82. The van der Waals surface area contributed by atoms with Crippen molar-refractivity contribution in [1.29, 1.82) is 0 Å². The van der Waals surface area contributed by atoms with Crippen molar-refractivity contribution >= 4 is 34.6 Å². The molecule has 0 aliphatic heterocycles. The molecule has 0 radical (unpaired) electrons. The lowest BCUT2D eigenvalue weighted by Gasteiger charge is -1.91. The van der Waals surface area contributed by atoms with Gasteiger partial charge in [0.1, 0.15) is 10.7 Å². The van der Waals surface area contributed by atoms with Crippen molar-refractivity contribution < 1.29 is 13.8 Å². The van der Waals surface area contributed by atoms with Gasteiger partial charge in [-0.25, -0.2) is 0 Å². The molecule has 0 aliphatic carbocycles. The topological polar surface area (TPSA) is 111 Å². The number of aromatic amines is 1. The molecule has 0 fully saturated rings. The molecular weight excluding hydrogens is 344 g/mol. The Morgan fingerprint density at radius 3 is 2.88 bits per heavy atom. The van der Waals surface area contributed by atoms with Crippen molar-refractivity contribution in [3.05, 3.63) is 63.9 Å². The van der Waals surface area contributed by atoms with Gasteiger partial charge in [-0.3, -0.25) is 10.1 Å². The van der Waals surface area contributed by atoms with E-state index in [0.717, 1.165) is 16.5 Å². The van der Waals surface area contributed by atoms with E-state index in [9.17, 15) is 10.1 Å². The second kappa shape index (κ2) is 6.29. The van der Waals surface area contributed by atoms with Crippen molar-refractivity contribution in [2.24, 2.45) is 0 Å². The van der Waals surface area contributed by atoms with E-state index in [4.69, 9.17) is 8.83 Å². The minimum absolute atomic E-state index is 0.302. The van der Waals surface area contributed by atoms with Gasteiger partial charge in [0.15, 0.2) is 0 Å². The molecule has 0 saturated carbocycles. The van der Waals surface area contributed by atoms with Gasteiger partial charge in [0, 0.05) is 17.1 Å². The molecular formula is C16H10N4O4S. The third-order valence-corrected chi connectivity index (χ3v) is 4.06. The van der Waals surface area contributed by atoms with E-state index in [1.807, 2.05) is 30.5 Å². The number of fused-ring (bicyclic) bond motifs is 1. The first kappa shape index (κ1) is 15.2. The maximum Gasteiger partial charge on any atom is 0.433 e. The molecule has 0 aliphatic rings. The minimum Gasteiger partial charge on any atom is -0.411 e. The van der Waals surface area contributed by atoms with E-state index in [0.29, 0.717) is 16.9 Å². The summed E-state index contributed by atoms with van der Waals surface area (Å²) in [6.07, 6.45) is 3.41. The molecule has 0 atom stereocenters. The third kappa shape index (κ3) is 3.04. The highest BCUT2D eigenvalue weighted by Crippen LogP contribution is 2.30. The summed E-state index contributed by atoms with van der Waals surface area (Å²) in [4.78, 5) is 13.1. The van der Waals surface area contributed by atoms with Crippen molar-refractivity contribution in [2.75, 3.05) is 0 Å². The van der Waals surface area contributed by atoms with Crippen molar-refractivity contribution in [3.8, 4) is 11.5 Å². The fourth-order valence-corrected chi connectivity index (χ4v) is 2.84. The maximum absolute atomic E-state index is 10.6. The Balaban J connectivity index is 1.49. The normalized spacial score (nSPS) is 11.5. The number of H-pyrrole nitrogens is 1. The van der Waals surface area contributed by atoms with Crippen LogP contribution >= 0.6 is 11.8 Å². The number of nitrogens with zero attached hydrogens (tertiary/aromatic N) is 3. The monoisotopic (exact) mass is 354 g/mol. The first-order chi connectivity index (χ1) is 12.2. The lowest BCUT2D eigenvalue weighted by Crippen LogP contribution is -1.82. The number of hydrogen-bond acceptors (Lipinski definition) is 7. The van der Waals surface area contributed by atoms with Crippen LogP contribution in [0.15, 0.2) is 62.1 Å². The lowest BCUT2D eigenvalue weighted by atomic mass is 10.2. The standard InChI is InChI=1S/C16H10N4O4S/c21-20(22)14-6-5-10(23-14)7-8-25-16-19-18-15(24-16)12-9-17-13-4-2-1-3-11(12)13/h1-9,17H/b8-7+. The second-order valence-electron chi connectivity index (χ2n) is 4.97. The summed E-state index contributed by atoms with van der Waals surface area (Å²) in [5, 5.41) is 21.6. The molecule has 25 heavy (non-hydrogen) atoms. The van der Waals surface area contributed by atoms with Gasteiger partial charge >= 0.3 is 5.88 Å². The molecule has 1 aromatic carbocycles. The van der Waals surface area contributed by atoms with E-state index in [-0.39, 0.29) is 5.88 Å². The zero-order valence-corrected chi connectivity index (χ0v) is 13.4. The van der Waals surface area contributed by atoms with Gasteiger partial charge in [-0.1, -0.05) is 18.2 Å². The van der Waals surface area contributed by atoms with Gasteiger partial charge < -0.3 is 13.8 Å². The smallest absolute Gasteiger partial charge is 0.411 e. The molecule has 1 N–H and O–H groups in total. The maximum atomic E-state index is 10.6. The van der Waals surface area contributed by atoms with Crippen molar-refractivity contribution in [1.82, 2.24) is 15.2 Å². The fraction of sp³-hybridized carbons (Fsp3) is 0. The van der Waals surface area contributed by atoms with Crippen LogP contribution in [0, 0.1) is 10.1 Å². The van der Waals surface area contributed by atoms with Gasteiger partial charge in [0.25, 0.3) is 11.1 Å². The van der Waals surface area contributed by atoms with Crippen molar-refractivity contribution in [2.45, 2.75) is 5.22 Å². The van der Waals surface area contributed by atoms with Crippen LogP contribution in [0.1, 0.15) is 5.76 Å². The number of benzene rings is 1. The number of aromatic nitrogens is 3. The number of thioether (sulfide) groups is 1. The average Bonchev–Trinajstić information content (AvgIpc) is 3.34. The second-order valence-corrected chi connectivity index (χ2v) is 5.83. The highest BCUT2D eigenvalue weighted by atomic mass is 32.2. The number of nitrogens with one attached hydrogen (secondary N) is 1. The summed E-state index contributed by atoms with van der Waals surface area (Å²) < 4.78 is 10.7. The number of para-hydroxylation sites is 1. The summed E-state index contributed by atoms with van der Waals surface area (Å²) >= 11 is 1.20. The quantitative estimate of drug-likeness (QED) is 0.319. The van der Waals surface area contributed by atoms with Crippen LogP contribution in [0.2, 0.25) is 0 Å². The Hall–Kier alpha value is -3.33. The summed E-state index contributed by atoms with van der Waals surface area (Å²) in [5.74, 6) is 0.488. The van der Waals surface area contributed by atoms with Gasteiger partial charge in [0.2, 0.25) is 0 Å². The van der Waals surface area contributed by atoms with Gasteiger partial charge in [-0.05, 0) is 35.4 Å². The third-order valence-electron chi connectivity index (χ3n) is 3.42. The van der Waals surface area contributed by atoms with Crippen LogP contribution < -0.4 is 0 Å². The number of nitro groups is 1. The zero-order chi connectivity index (χ0) is 17.2. The Labute approximate surface area is 144 Å². The van der Waals surface area contributed by atoms with E-state index < -0.39 is 4.92 Å². The van der Waals surface area contributed by atoms with Gasteiger partial charge in [-0.2, -0.15) is 0 Å². The molecule has 0 spiro atoms. The molecule has 3 heterocycles. The summed E-state index contributed by atoms with van der Waals surface area (Å²) in [7, 11) is 0. The molecule has 124 valence electrons. The first-order valence-electron chi connectivity index (χ1n) is 7.18. The van der Waals surface area contributed by atoms with Crippen LogP contribution in [0.25, 0.3) is 28.4 Å². The summed E-state index contributed by atoms with van der Waals surface area (Å²) in [6, 6.07) is 10.6. The average molecular weight is 354 g/mol. The molecule has 0 unspecified atom stereocenters. The Morgan fingerprint density at radius 2 is 2.04 bits per heavy atom. The molecule has 0 bridgehead atoms. The van der Waals surface area contributed by atoms with Crippen LogP contribution in [0.3, 0.4) is 0 Å². The van der Waals surface area contributed by atoms with E-state index in [1.54, 1.807) is 11.5 Å². The zero-order valence-electron chi connectivity index (χ0n) is 12.6. The van der Waals surface area contributed by atoms with Crippen LogP contribution in [-0.2, 0) is 0 Å². The SMILES string of the molecule is O=[N+]([O-])c1ccc(/C=C/Sc2nnc(-c3c[nH]c4ccccc34)o2)o1. The van der Waals surface area contributed by atoms with Crippen molar-refractivity contribution in [3.63, 3.8) is 0 Å². The van der Waals surface area contributed by atoms with Gasteiger partial charge in [0.05, 0.1) is 11.6 Å². The molecule has 0 saturated heterocycles. The molecule has 3 aromatic heterocycles. The van der Waals surface area contributed by atoms with E-state index in [2.05, 4.69) is 15.2 Å². The summed E-state index contributed by atoms with van der Waals surface area (Å²) in [5.41, 5.74) is 1.82. The highest BCUT2D eigenvalue weighted by Gasteiger charge is 2.13. The van der Waals surface area contributed by atoms with E-state index >= 15 is 0 Å². The predicted molar refractivity (Wildman–Crippen MR) is 91.8 cm³/mol. The molecule has 8 nitrogen and oxygen atoms in total. The first-order valence-corrected chi connectivity index (χ1v) is 8.06. The largest absolute Gasteiger partial charge is 0.433 e. The fourth-order valence-electron chi connectivity index (χ4n) is 2.30. The molecule has 9 heteroatoms. The van der Waals surface area contributed by atoms with Crippen LogP contribution in [-0.4, -0.2) is 20.1 Å².